The standard InChI is InChI=1S/C16H17N3O2.C4H4O4/c1-9(2)7-18-11-8-19-15-13-10(4-5-17-14(11)13)6-12(21-3)16(15)20;5-3(6)1-2-4(7)8/h4-6,8-9,20H,7H2,1-3H3;1-2H,(H,5,6)(H,7,8)/b;2-1-. The molecule has 1 aliphatic heterocycles. The molecule has 9 heteroatoms. The maximum Gasteiger partial charge on any atom is 0.328 e. The van der Waals surface area contributed by atoms with Crippen LogP contribution in [0.15, 0.2) is 40.5 Å². The molecule has 1 aromatic heterocycles. The third-order valence-corrected chi connectivity index (χ3v) is 3.74. The van der Waals surface area contributed by atoms with Gasteiger partial charge in [-0.05, 0) is 23.4 Å². The summed E-state index contributed by atoms with van der Waals surface area (Å²) < 4.78 is 5.19. The van der Waals surface area contributed by atoms with E-state index in [0.29, 0.717) is 29.5 Å². The van der Waals surface area contributed by atoms with Gasteiger partial charge >= 0.3 is 11.9 Å². The van der Waals surface area contributed by atoms with Gasteiger partial charge in [-0.25, -0.2) is 14.6 Å². The first-order valence-corrected chi connectivity index (χ1v) is 8.66. The third kappa shape index (κ3) is 5.38. The van der Waals surface area contributed by atoms with E-state index < -0.39 is 11.9 Å². The van der Waals surface area contributed by atoms with Crippen molar-refractivity contribution in [2.24, 2.45) is 15.9 Å². The van der Waals surface area contributed by atoms with Crippen molar-refractivity contribution in [3.63, 3.8) is 0 Å². The number of nitrogens with zero attached hydrogens (tertiary/aromatic N) is 3. The fraction of sp³-hybridized carbons (Fsp3) is 0.250. The highest BCUT2D eigenvalue weighted by atomic mass is 16.5. The van der Waals surface area contributed by atoms with Crippen LogP contribution in [0.4, 0.5) is 5.69 Å². The molecule has 29 heavy (non-hydrogen) atoms. The number of hydrogen-bond acceptors (Lipinski definition) is 7. The Morgan fingerprint density at radius 3 is 2.45 bits per heavy atom. The molecular formula is C20H21N3O6. The molecule has 1 aromatic carbocycles. The normalized spacial score (nSPS) is 13.6. The van der Waals surface area contributed by atoms with Gasteiger partial charge in [-0.2, -0.15) is 0 Å². The second-order valence-corrected chi connectivity index (χ2v) is 6.42. The van der Waals surface area contributed by atoms with Crippen LogP contribution in [0.25, 0.3) is 10.8 Å². The molecule has 0 saturated heterocycles. The lowest BCUT2D eigenvalue weighted by atomic mass is 10.0. The first-order chi connectivity index (χ1) is 13.7. The summed E-state index contributed by atoms with van der Waals surface area (Å²) in [5, 5.41) is 27.6. The summed E-state index contributed by atoms with van der Waals surface area (Å²) >= 11 is 0. The zero-order valence-electron chi connectivity index (χ0n) is 16.2. The minimum atomic E-state index is -1.26. The first kappa shape index (κ1) is 21.5. The first-order valence-electron chi connectivity index (χ1n) is 8.66. The van der Waals surface area contributed by atoms with Crippen LogP contribution in [0, 0.1) is 5.92 Å². The molecule has 9 nitrogen and oxygen atoms in total. The van der Waals surface area contributed by atoms with Gasteiger partial charge in [0.25, 0.3) is 0 Å². The number of carbonyl (C=O) groups is 2. The van der Waals surface area contributed by atoms with Gasteiger partial charge in [0.15, 0.2) is 11.5 Å². The van der Waals surface area contributed by atoms with Crippen LogP contribution in [-0.4, -0.2) is 57.8 Å². The molecule has 2 heterocycles. The number of benzene rings is 1. The predicted molar refractivity (Wildman–Crippen MR) is 109 cm³/mol. The third-order valence-electron chi connectivity index (χ3n) is 3.74. The second kappa shape index (κ2) is 9.45. The number of aromatic hydroxyl groups is 1. The van der Waals surface area contributed by atoms with Crippen molar-refractivity contribution in [2.75, 3.05) is 13.7 Å². The van der Waals surface area contributed by atoms with E-state index in [0.717, 1.165) is 28.7 Å². The molecule has 0 fully saturated rings. The average Bonchev–Trinajstić information content (AvgIpc) is 2.68. The van der Waals surface area contributed by atoms with Crippen molar-refractivity contribution < 1.29 is 29.6 Å². The van der Waals surface area contributed by atoms with E-state index in [-0.39, 0.29) is 5.75 Å². The number of ether oxygens (including phenoxy) is 1. The highest BCUT2D eigenvalue weighted by Crippen LogP contribution is 2.44. The second-order valence-electron chi connectivity index (χ2n) is 6.42. The molecule has 0 amide bonds. The Morgan fingerprint density at radius 1 is 1.24 bits per heavy atom. The largest absolute Gasteiger partial charge is 0.503 e. The number of carboxylic acid groups (broad SMARTS) is 2. The maximum atomic E-state index is 10.2. The fourth-order valence-electron chi connectivity index (χ4n) is 2.49. The number of methoxy groups -OCH3 is 1. The van der Waals surface area contributed by atoms with Crippen LogP contribution < -0.4 is 4.74 Å². The monoisotopic (exact) mass is 399 g/mol. The zero-order chi connectivity index (χ0) is 21.6. The Hall–Kier alpha value is -3.75. The number of aromatic nitrogens is 1. The molecule has 0 saturated carbocycles. The van der Waals surface area contributed by atoms with Gasteiger partial charge in [0.1, 0.15) is 11.4 Å². The molecule has 0 aliphatic carbocycles. The Kier molecular flexibility index (Phi) is 7.02. The quantitative estimate of drug-likeness (QED) is 0.656. The Morgan fingerprint density at radius 2 is 1.90 bits per heavy atom. The van der Waals surface area contributed by atoms with Gasteiger partial charge in [-0.3, -0.25) is 9.98 Å². The number of pyridine rings is 1. The highest BCUT2D eigenvalue weighted by Gasteiger charge is 2.21. The van der Waals surface area contributed by atoms with E-state index in [1.807, 2.05) is 6.07 Å². The van der Waals surface area contributed by atoms with Gasteiger partial charge in [0.2, 0.25) is 0 Å². The number of aliphatic carboxylic acids is 2. The minimum Gasteiger partial charge on any atom is -0.503 e. The van der Waals surface area contributed by atoms with Crippen molar-refractivity contribution >= 4 is 40.3 Å². The molecular weight excluding hydrogens is 378 g/mol. The van der Waals surface area contributed by atoms with E-state index in [9.17, 15) is 14.7 Å². The van der Waals surface area contributed by atoms with Gasteiger partial charge in [-0.15, -0.1) is 0 Å². The molecule has 2 aromatic rings. The van der Waals surface area contributed by atoms with Crippen LogP contribution in [0.1, 0.15) is 19.5 Å². The van der Waals surface area contributed by atoms with E-state index in [4.69, 9.17) is 14.9 Å². The maximum absolute atomic E-state index is 10.2. The summed E-state index contributed by atoms with van der Waals surface area (Å²) in [5.41, 5.74) is 2.01. The van der Waals surface area contributed by atoms with Crippen LogP contribution in [0.3, 0.4) is 0 Å². The lowest BCUT2D eigenvalue weighted by Crippen LogP contribution is -2.11. The number of carboxylic acids is 2. The summed E-state index contributed by atoms with van der Waals surface area (Å²) in [6.07, 6.45) is 4.51. The van der Waals surface area contributed by atoms with Crippen LogP contribution in [0.2, 0.25) is 0 Å². The molecule has 3 rings (SSSR count). The van der Waals surface area contributed by atoms with E-state index in [1.165, 1.54) is 7.11 Å². The number of rotatable bonds is 5. The van der Waals surface area contributed by atoms with Gasteiger partial charge < -0.3 is 20.1 Å². The van der Waals surface area contributed by atoms with Gasteiger partial charge in [0, 0.05) is 30.3 Å². The Labute approximate surface area is 166 Å². The number of phenolic OH excluding ortho intramolecular Hbond substituents is 1. The number of hydrogen-bond donors (Lipinski definition) is 3. The van der Waals surface area contributed by atoms with Gasteiger partial charge in [0.05, 0.1) is 19.0 Å². The summed E-state index contributed by atoms with van der Waals surface area (Å²) in [6, 6.07) is 3.67. The van der Waals surface area contributed by atoms with Gasteiger partial charge in [-0.1, -0.05) is 13.8 Å². The summed E-state index contributed by atoms with van der Waals surface area (Å²) in [7, 11) is 1.53. The van der Waals surface area contributed by atoms with E-state index >= 15 is 0 Å². The van der Waals surface area contributed by atoms with Crippen LogP contribution >= 0.6 is 0 Å². The Bertz CT molecular complexity index is 1010. The molecule has 0 bridgehead atoms. The lowest BCUT2D eigenvalue weighted by Gasteiger charge is -2.16. The zero-order valence-corrected chi connectivity index (χ0v) is 16.2. The SMILES string of the molecule is COc1cc2ccnc3c2c(c1O)N=CC3=NCC(C)C.O=C(O)/C=C\C(=O)O. The molecule has 1 aliphatic rings. The predicted octanol–water partition coefficient (Wildman–Crippen LogP) is 2.82. The molecule has 0 spiro atoms. The van der Waals surface area contributed by atoms with Crippen molar-refractivity contribution in [1.29, 1.82) is 0 Å². The molecule has 0 unspecified atom stereocenters. The van der Waals surface area contributed by atoms with Crippen molar-refractivity contribution in [3.05, 3.63) is 36.2 Å². The van der Waals surface area contributed by atoms with Crippen molar-refractivity contribution in [2.45, 2.75) is 13.8 Å². The minimum absolute atomic E-state index is 0.0402. The summed E-state index contributed by atoms with van der Waals surface area (Å²) in [6.45, 7) is 4.95. The van der Waals surface area contributed by atoms with Crippen molar-refractivity contribution in [3.8, 4) is 11.5 Å². The van der Waals surface area contributed by atoms with E-state index in [1.54, 1.807) is 18.5 Å². The molecule has 0 atom stereocenters. The number of phenols is 1. The molecule has 3 N–H and O–H groups in total. The Balaban J connectivity index is 0.000000321. The molecule has 152 valence electrons. The molecule has 0 radical (unpaired) electrons. The highest BCUT2D eigenvalue weighted by molar-refractivity contribution is 6.43. The average molecular weight is 399 g/mol. The van der Waals surface area contributed by atoms with E-state index in [2.05, 4.69) is 28.8 Å². The van der Waals surface area contributed by atoms with Crippen molar-refractivity contribution in [1.82, 2.24) is 4.98 Å². The lowest BCUT2D eigenvalue weighted by molar-refractivity contribution is -0.134. The van der Waals surface area contributed by atoms with Crippen LogP contribution in [-0.2, 0) is 9.59 Å². The number of aliphatic imine (C=N–C) groups is 2. The fourth-order valence-corrected chi connectivity index (χ4v) is 2.49. The topological polar surface area (TPSA) is 142 Å². The smallest absolute Gasteiger partial charge is 0.328 e. The summed E-state index contributed by atoms with van der Waals surface area (Å²) in [4.78, 5) is 32.5. The van der Waals surface area contributed by atoms with Crippen LogP contribution in [0.5, 0.6) is 11.5 Å². The summed E-state index contributed by atoms with van der Waals surface area (Å²) in [5.74, 6) is -1.59.